The van der Waals surface area contributed by atoms with Crippen molar-refractivity contribution in [3.05, 3.63) is 23.3 Å². The Bertz CT molecular complexity index is 883. The van der Waals surface area contributed by atoms with Crippen LogP contribution in [0.1, 0.15) is 32.6 Å². The predicted octanol–water partition coefficient (Wildman–Crippen LogP) is 0.948. The fourth-order valence-electron chi connectivity index (χ4n) is 5.28. The first-order chi connectivity index (χ1) is 15.9. The van der Waals surface area contributed by atoms with Gasteiger partial charge < -0.3 is 25.2 Å². The lowest BCUT2D eigenvalue weighted by Gasteiger charge is -2.34. The second-order valence-electron chi connectivity index (χ2n) is 10.1. The van der Waals surface area contributed by atoms with Crippen LogP contribution in [0, 0.1) is 5.92 Å². The molecule has 5 atom stereocenters. The fourth-order valence-corrected chi connectivity index (χ4v) is 5.28. The van der Waals surface area contributed by atoms with Gasteiger partial charge in [0.1, 0.15) is 17.9 Å². The molecule has 180 valence electrons. The highest BCUT2D eigenvalue weighted by molar-refractivity contribution is 6.32. The van der Waals surface area contributed by atoms with E-state index < -0.39 is 18.0 Å². The maximum absolute atomic E-state index is 11.0. The fraction of sp³-hybridized carbons (Fsp3) is 0.708. The third-order valence-electron chi connectivity index (χ3n) is 7.36. The summed E-state index contributed by atoms with van der Waals surface area (Å²) in [7, 11) is 2.17. The molecule has 4 unspecified atom stereocenters. The van der Waals surface area contributed by atoms with Gasteiger partial charge in [-0.05, 0) is 51.9 Å². The maximum atomic E-state index is 11.0. The molecule has 2 fully saturated rings. The monoisotopic (exact) mass is 456 g/mol. The minimum Gasteiger partial charge on any atom is -0.383 e. The van der Waals surface area contributed by atoms with Crippen molar-refractivity contribution in [1.29, 1.82) is 0 Å². The quantitative estimate of drug-likeness (QED) is 0.638. The van der Waals surface area contributed by atoms with E-state index in [0.717, 1.165) is 50.2 Å². The van der Waals surface area contributed by atoms with E-state index in [1.54, 1.807) is 6.21 Å². The number of likely N-dealkylation sites (tertiary alicyclic amines) is 1. The van der Waals surface area contributed by atoms with Crippen LogP contribution < -0.4 is 5.73 Å². The zero-order valence-electron chi connectivity index (χ0n) is 19.6. The smallest absolute Gasteiger partial charge is 0.184 e. The Morgan fingerprint density at radius 2 is 2.12 bits per heavy atom. The van der Waals surface area contributed by atoms with Crippen LogP contribution in [0.5, 0.6) is 0 Å². The minimum atomic E-state index is -0.920. The molecule has 0 radical (unpaired) electrons. The molecule has 33 heavy (non-hydrogen) atoms. The number of allylic oxidation sites excluding steroid dienone is 2. The highest BCUT2D eigenvalue weighted by Crippen LogP contribution is 2.35. The average Bonchev–Trinajstić information content (AvgIpc) is 3.45. The number of ether oxygens (including phenoxy) is 2. The summed E-state index contributed by atoms with van der Waals surface area (Å²) < 4.78 is 11.7. The second kappa shape index (κ2) is 9.38. The maximum Gasteiger partial charge on any atom is 0.184 e. The zero-order chi connectivity index (χ0) is 23.0. The number of aliphatic imine (C=N–C) groups is 2. The number of hydrazone groups is 1. The van der Waals surface area contributed by atoms with E-state index in [1.807, 2.05) is 6.21 Å². The van der Waals surface area contributed by atoms with E-state index in [1.165, 1.54) is 5.57 Å². The summed E-state index contributed by atoms with van der Waals surface area (Å²) in [5.74, 6) is 0.0324. The molecule has 9 nitrogen and oxygen atoms in total. The third kappa shape index (κ3) is 4.97. The summed E-state index contributed by atoms with van der Waals surface area (Å²) in [5, 5.41) is 17.8. The summed E-state index contributed by atoms with van der Waals surface area (Å²) in [6.45, 7) is 5.94. The number of nitrogens with zero attached hydrogens (tertiary/aromatic N) is 5. The molecule has 9 heteroatoms. The van der Waals surface area contributed by atoms with Gasteiger partial charge in [0.25, 0.3) is 0 Å². The van der Waals surface area contributed by atoms with Crippen molar-refractivity contribution < 1.29 is 14.6 Å². The Morgan fingerprint density at radius 1 is 1.30 bits per heavy atom. The van der Waals surface area contributed by atoms with Crippen LogP contribution in [0.4, 0.5) is 0 Å². The molecule has 4 heterocycles. The SMILES string of the molecule is CC1=CC([C@@]2(O)CCOC2)=CC(C2=NC(OC3C=NN(C4CCN(C)CC4)C3)C(N)N=C2)C1. The van der Waals surface area contributed by atoms with Crippen LogP contribution in [0.2, 0.25) is 0 Å². The van der Waals surface area contributed by atoms with Crippen LogP contribution in [-0.4, -0.2) is 103 Å². The average molecular weight is 457 g/mol. The molecule has 1 aliphatic carbocycles. The zero-order valence-corrected chi connectivity index (χ0v) is 19.6. The molecule has 5 rings (SSSR count). The number of piperidine rings is 1. The van der Waals surface area contributed by atoms with Gasteiger partial charge in [-0.25, -0.2) is 0 Å². The van der Waals surface area contributed by atoms with Gasteiger partial charge >= 0.3 is 0 Å². The van der Waals surface area contributed by atoms with E-state index in [4.69, 9.17) is 20.2 Å². The first-order valence-corrected chi connectivity index (χ1v) is 12.1. The molecule has 0 aromatic heterocycles. The van der Waals surface area contributed by atoms with Gasteiger partial charge in [0.2, 0.25) is 0 Å². The molecule has 4 aliphatic heterocycles. The van der Waals surface area contributed by atoms with Crippen molar-refractivity contribution in [3.8, 4) is 0 Å². The summed E-state index contributed by atoms with van der Waals surface area (Å²) >= 11 is 0. The standard InChI is InChI=1S/C24H36N6O3/c1-16-9-17(11-18(10-16)24(31)5-8-32-15-24)21-13-26-22(25)23(28-21)33-20-12-27-30(14-20)19-3-6-29(2)7-4-19/h10-13,17,19-20,22-23,31H,3-9,14-15,25H2,1-2H3/t17?,20?,22?,23?,24-/m1/s1. The van der Waals surface area contributed by atoms with Crippen molar-refractivity contribution in [2.24, 2.45) is 26.7 Å². The molecule has 0 aromatic carbocycles. The number of nitrogens with two attached hydrogens (primary N) is 1. The lowest BCUT2D eigenvalue weighted by molar-refractivity contribution is 0.00142. The van der Waals surface area contributed by atoms with Gasteiger partial charge in [-0.1, -0.05) is 17.7 Å². The molecule has 3 N–H and O–H groups in total. The second-order valence-corrected chi connectivity index (χ2v) is 10.1. The third-order valence-corrected chi connectivity index (χ3v) is 7.36. The van der Waals surface area contributed by atoms with Crippen molar-refractivity contribution in [3.63, 3.8) is 0 Å². The minimum absolute atomic E-state index is 0.0324. The summed E-state index contributed by atoms with van der Waals surface area (Å²) in [5.41, 5.74) is 8.28. The van der Waals surface area contributed by atoms with Gasteiger partial charge in [0.15, 0.2) is 6.23 Å². The molecule has 0 spiro atoms. The number of rotatable bonds is 5. The molecular formula is C24H36N6O3. The molecule has 0 bridgehead atoms. The highest BCUT2D eigenvalue weighted by Gasteiger charge is 2.38. The van der Waals surface area contributed by atoms with Crippen LogP contribution in [0.15, 0.2) is 38.4 Å². The Morgan fingerprint density at radius 3 is 2.88 bits per heavy atom. The van der Waals surface area contributed by atoms with Crippen molar-refractivity contribution >= 4 is 18.1 Å². The van der Waals surface area contributed by atoms with E-state index in [9.17, 15) is 5.11 Å². The van der Waals surface area contributed by atoms with Crippen LogP contribution in [-0.2, 0) is 9.47 Å². The Balaban J connectivity index is 1.25. The Kier molecular flexibility index (Phi) is 6.50. The summed E-state index contributed by atoms with van der Waals surface area (Å²) in [6, 6.07) is 0.467. The van der Waals surface area contributed by atoms with Gasteiger partial charge in [-0.2, -0.15) is 5.10 Å². The van der Waals surface area contributed by atoms with Crippen LogP contribution in [0.3, 0.4) is 0 Å². The Hall–Kier alpha value is -1.91. The molecule has 5 aliphatic rings. The van der Waals surface area contributed by atoms with Gasteiger partial charge in [-0.3, -0.25) is 15.0 Å². The van der Waals surface area contributed by atoms with Crippen molar-refractivity contribution in [1.82, 2.24) is 9.91 Å². The van der Waals surface area contributed by atoms with E-state index in [0.29, 0.717) is 25.7 Å². The first-order valence-electron chi connectivity index (χ1n) is 12.1. The van der Waals surface area contributed by atoms with Crippen LogP contribution in [0.25, 0.3) is 0 Å². The lowest BCUT2D eigenvalue weighted by Crippen LogP contribution is -2.44. The molecule has 2 saturated heterocycles. The topological polar surface area (TPSA) is 108 Å². The predicted molar refractivity (Wildman–Crippen MR) is 129 cm³/mol. The summed E-state index contributed by atoms with van der Waals surface area (Å²) in [6.07, 6.45) is 10.3. The van der Waals surface area contributed by atoms with Crippen molar-refractivity contribution in [2.45, 2.75) is 62.7 Å². The molecule has 0 aromatic rings. The van der Waals surface area contributed by atoms with Gasteiger partial charge in [0.05, 0.1) is 25.1 Å². The first kappa shape index (κ1) is 22.9. The molecule has 0 amide bonds. The number of aliphatic hydroxyl groups is 1. The number of hydrogen-bond acceptors (Lipinski definition) is 9. The molecule has 0 saturated carbocycles. The van der Waals surface area contributed by atoms with E-state index in [-0.39, 0.29) is 12.0 Å². The highest BCUT2D eigenvalue weighted by atomic mass is 16.5. The lowest BCUT2D eigenvalue weighted by atomic mass is 9.81. The van der Waals surface area contributed by atoms with Crippen LogP contribution >= 0.6 is 0 Å². The molecular weight excluding hydrogens is 420 g/mol. The van der Waals surface area contributed by atoms with Crippen molar-refractivity contribution in [2.75, 3.05) is 39.9 Å². The summed E-state index contributed by atoms with van der Waals surface area (Å²) in [4.78, 5) is 11.7. The van der Waals surface area contributed by atoms with E-state index in [2.05, 4.69) is 46.1 Å². The van der Waals surface area contributed by atoms with Gasteiger partial charge in [-0.15, -0.1) is 0 Å². The Labute approximate surface area is 195 Å². The van der Waals surface area contributed by atoms with Gasteiger partial charge in [0, 0.05) is 31.2 Å². The normalized spacial score (nSPS) is 37.9. The number of hydrogen-bond donors (Lipinski definition) is 2. The van der Waals surface area contributed by atoms with E-state index >= 15 is 0 Å². The largest absolute Gasteiger partial charge is 0.383 e.